The molecule has 1 aromatic rings. The van der Waals surface area contributed by atoms with Crippen molar-refractivity contribution in [3.8, 4) is 0 Å². The van der Waals surface area contributed by atoms with Gasteiger partial charge >= 0.3 is 6.18 Å². The van der Waals surface area contributed by atoms with Crippen LogP contribution >= 0.6 is 11.3 Å². The van der Waals surface area contributed by atoms with Gasteiger partial charge in [0.25, 0.3) is 0 Å². The third kappa shape index (κ3) is 2.15. The highest BCUT2D eigenvalue weighted by molar-refractivity contribution is 7.09. The molecule has 0 spiro atoms. The predicted octanol–water partition coefficient (Wildman–Crippen LogP) is 2.64. The highest BCUT2D eigenvalue weighted by Crippen LogP contribution is 2.49. The zero-order chi connectivity index (χ0) is 11.1. The maximum Gasteiger partial charge on any atom is 0.406 e. The molecule has 0 bridgehead atoms. The van der Waals surface area contributed by atoms with Crippen molar-refractivity contribution in [2.45, 2.75) is 38.0 Å². The minimum Gasteiger partial charge on any atom is -0.297 e. The fourth-order valence-corrected chi connectivity index (χ4v) is 2.13. The second kappa shape index (κ2) is 3.45. The van der Waals surface area contributed by atoms with Crippen molar-refractivity contribution in [3.63, 3.8) is 0 Å². The molecule has 1 saturated carbocycles. The van der Waals surface area contributed by atoms with Gasteiger partial charge in [0, 0.05) is 17.6 Å². The molecular weight excluding hydrogens is 225 g/mol. The van der Waals surface area contributed by atoms with E-state index in [1.807, 2.05) is 12.3 Å². The number of hydrogen-bond acceptors (Lipinski definition) is 3. The number of thiazole rings is 1. The van der Waals surface area contributed by atoms with Crippen molar-refractivity contribution in [2.24, 2.45) is 0 Å². The average Bonchev–Trinajstić information content (AvgIpc) is 2.82. The van der Waals surface area contributed by atoms with Crippen LogP contribution in [0, 0.1) is 6.92 Å². The van der Waals surface area contributed by atoms with Crippen molar-refractivity contribution in [3.05, 3.63) is 16.1 Å². The number of halogens is 3. The van der Waals surface area contributed by atoms with Gasteiger partial charge in [-0.05, 0) is 19.8 Å². The number of rotatable bonds is 3. The molecule has 2 rings (SSSR count). The van der Waals surface area contributed by atoms with Crippen molar-refractivity contribution in [2.75, 3.05) is 0 Å². The third-order valence-corrected chi connectivity index (χ3v) is 3.50. The first-order chi connectivity index (χ1) is 6.93. The summed E-state index contributed by atoms with van der Waals surface area (Å²) >= 11 is 1.39. The van der Waals surface area contributed by atoms with E-state index >= 15 is 0 Å². The third-order valence-electron chi connectivity index (χ3n) is 2.54. The largest absolute Gasteiger partial charge is 0.406 e. The molecule has 1 aliphatic rings. The molecule has 0 atom stereocenters. The van der Waals surface area contributed by atoms with Crippen LogP contribution in [0.4, 0.5) is 13.2 Å². The molecule has 0 aromatic carbocycles. The van der Waals surface area contributed by atoms with Gasteiger partial charge in [0.15, 0.2) is 0 Å². The molecule has 0 amide bonds. The van der Waals surface area contributed by atoms with E-state index in [9.17, 15) is 13.2 Å². The van der Waals surface area contributed by atoms with Crippen LogP contribution in [0.1, 0.15) is 23.5 Å². The van der Waals surface area contributed by atoms with E-state index in [2.05, 4.69) is 10.3 Å². The normalized spacial score (nSPS) is 19.2. The van der Waals surface area contributed by atoms with E-state index in [-0.39, 0.29) is 19.4 Å². The standard InChI is InChI=1S/C9H11F3N2S/c1-6-5-15-7(14-6)4-13-8(2-3-8)9(10,11)12/h5,13H,2-4H2,1H3. The maximum absolute atomic E-state index is 12.5. The molecule has 1 fully saturated rings. The van der Waals surface area contributed by atoms with Gasteiger partial charge < -0.3 is 0 Å². The van der Waals surface area contributed by atoms with Gasteiger partial charge in [-0.25, -0.2) is 4.98 Å². The first-order valence-corrected chi connectivity index (χ1v) is 5.54. The number of aryl methyl sites for hydroxylation is 1. The van der Waals surface area contributed by atoms with E-state index in [1.54, 1.807) is 0 Å². The summed E-state index contributed by atoms with van der Waals surface area (Å²) in [6.45, 7) is 2.04. The smallest absolute Gasteiger partial charge is 0.297 e. The lowest BCUT2D eigenvalue weighted by Crippen LogP contribution is -2.44. The SMILES string of the molecule is Cc1csc(CNC2(C(F)(F)F)CC2)n1. The summed E-state index contributed by atoms with van der Waals surface area (Å²) in [5.74, 6) is 0. The van der Waals surface area contributed by atoms with Gasteiger partial charge in [-0.3, -0.25) is 5.32 Å². The van der Waals surface area contributed by atoms with Gasteiger partial charge in [-0.15, -0.1) is 11.3 Å². The Morgan fingerprint density at radius 3 is 2.60 bits per heavy atom. The number of aromatic nitrogens is 1. The molecule has 0 radical (unpaired) electrons. The lowest BCUT2D eigenvalue weighted by atomic mass is 10.2. The number of nitrogens with zero attached hydrogens (tertiary/aromatic N) is 1. The Morgan fingerprint density at radius 1 is 1.53 bits per heavy atom. The van der Waals surface area contributed by atoms with E-state index in [1.165, 1.54) is 11.3 Å². The second-order valence-electron chi connectivity index (χ2n) is 3.82. The van der Waals surface area contributed by atoms with Crippen molar-refractivity contribution in [1.82, 2.24) is 10.3 Å². The van der Waals surface area contributed by atoms with Crippen LogP contribution in [0.25, 0.3) is 0 Å². The van der Waals surface area contributed by atoms with Crippen LogP contribution in [0.5, 0.6) is 0 Å². The van der Waals surface area contributed by atoms with Gasteiger partial charge in [-0.1, -0.05) is 0 Å². The monoisotopic (exact) mass is 236 g/mol. The molecular formula is C9H11F3N2S. The predicted molar refractivity (Wildman–Crippen MR) is 51.7 cm³/mol. The summed E-state index contributed by atoms with van der Waals surface area (Å²) in [7, 11) is 0. The van der Waals surface area contributed by atoms with E-state index in [0.29, 0.717) is 5.01 Å². The van der Waals surface area contributed by atoms with Crippen molar-refractivity contribution >= 4 is 11.3 Å². The van der Waals surface area contributed by atoms with Crippen molar-refractivity contribution < 1.29 is 13.2 Å². The Morgan fingerprint density at radius 2 is 2.20 bits per heavy atom. The molecule has 0 aliphatic heterocycles. The summed E-state index contributed by atoms with van der Waals surface area (Å²) in [6, 6.07) is 0. The minimum absolute atomic E-state index is 0.181. The first kappa shape index (κ1) is 10.9. The topological polar surface area (TPSA) is 24.9 Å². The van der Waals surface area contributed by atoms with Crippen LogP contribution in [-0.4, -0.2) is 16.7 Å². The summed E-state index contributed by atoms with van der Waals surface area (Å²) in [6.07, 6.45) is -3.78. The Balaban J connectivity index is 1.94. The lowest BCUT2D eigenvalue weighted by Gasteiger charge is -2.19. The Labute approximate surface area is 89.5 Å². The summed E-state index contributed by atoms with van der Waals surface area (Å²) < 4.78 is 37.6. The first-order valence-electron chi connectivity index (χ1n) is 4.66. The molecule has 1 aromatic heterocycles. The maximum atomic E-state index is 12.5. The molecule has 1 heterocycles. The van der Waals surface area contributed by atoms with E-state index in [4.69, 9.17) is 0 Å². The summed E-state index contributed by atoms with van der Waals surface area (Å²) in [4.78, 5) is 4.11. The number of alkyl halides is 3. The molecule has 6 heteroatoms. The van der Waals surface area contributed by atoms with Gasteiger partial charge in [0.2, 0.25) is 0 Å². The summed E-state index contributed by atoms with van der Waals surface area (Å²) in [5, 5.41) is 5.11. The average molecular weight is 236 g/mol. The van der Waals surface area contributed by atoms with Crippen LogP contribution < -0.4 is 5.32 Å². The Hall–Kier alpha value is -0.620. The summed E-state index contributed by atoms with van der Waals surface area (Å²) in [5.41, 5.74) is -0.777. The minimum atomic E-state index is -4.14. The molecule has 1 N–H and O–H groups in total. The Bertz CT molecular complexity index is 354. The molecule has 1 aliphatic carbocycles. The van der Waals surface area contributed by atoms with Gasteiger partial charge in [0.1, 0.15) is 10.5 Å². The number of hydrogen-bond donors (Lipinski definition) is 1. The van der Waals surface area contributed by atoms with Crippen LogP contribution in [0.2, 0.25) is 0 Å². The number of nitrogens with one attached hydrogen (secondary N) is 1. The highest BCUT2D eigenvalue weighted by Gasteiger charge is 2.62. The molecule has 84 valence electrons. The fourth-order valence-electron chi connectivity index (χ4n) is 1.41. The van der Waals surface area contributed by atoms with Crippen LogP contribution in [-0.2, 0) is 6.54 Å². The Kier molecular flexibility index (Phi) is 2.50. The van der Waals surface area contributed by atoms with Gasteiger partial charge in [0.05, 0.1) is 0 Å². The van der Waals surface area contributed by atoms with E-state index in [0.717, 1.165) is 5.69 Å². The highest BCUT2D eigenvalue weighted by atomic mass is 32.1. The zero-order valence-electron chi connectivity index (χ0n) is 8.19. The molecule has 0 unspecified atom stereocenters. The molecule has 2 nitrogen and oxygen atoms in total. The van der Waals surface area contributed by atoms with Crippen LogP contribution in [0.15, 0.2) is 5.38 Å². The quantitative estimate of drug-likeness (QED) is 0.872. The van der Waals surface area contributed by atoms with Crippen molar-refractivity contribution in [1.29, 1.82) is 0 Å². The van der Waals surface area contributed by atoms with Crippen LogP contribution in [0.3, 0.4) is 0 Å². The fraction of sp³-hybridized carbons (Fsp3) is 0.667. The zero-order valence-corrected chi connectivity index (χ0v) is 9.00. The molecule has 15 heavy (non-hydrogen) atoms. The van der Waals surface area contributed by atoms with E-state index < -0.39 is 11.7 Å². The van der Waals surface area contributed by atoms with Gasteiger partial charge in [-0.2, -0.15) is 13.2 Å². The molecule has 0 saturated heterocycles. The second-order valence-corrected chi connectivity index (χ2v) is 4.76. The lowest BCUT2D eigenvalue weighted by molar-refractivity contribution is -0.166.